The van der Waals surface area contributed by atoms with Crippen LogP contribution in [0.5, 0.6) is 0 Å². The quantitative estimate of drug-likeness (QED) is 0.350. The van der Waals surface area contributed by atoms with Gasteiger partial charge in [0.2, 0.25) is 5.91 Å². The summed E-state index contributed by atoms with van der Waals surface area (Å²) in [6, 6.07) is 20.4. The molecule has 1 atom stereocenters. The number of carbonyl (C=O) groups excluding carboxylic acids is 1. The first kappa shape index (κ1) is 20.0. The monoisotopic (exact) mass is 419 g/mol. The van der Waals surface area contributed by atoms with Crippen molar-refractivity contribution in [3.05, 3.63) is 94.7 Å². The van der Waals surface area contributed by atoms with E-state index in [0.717, 1.165) is 5.56 Å². The van der Waals surface area contributed by atoms with Gasteiger partial charge in [0.15, 0.2) is 5.16 Å². The van der Waals surface area contributed by atoms with Crippen molar-refractivity contribution in [1.29, 1.82) is 0 Å². The highest BCUT2D eigenvalue weighted by Gasteiger charge is 2.26. The smallest absolute Gasteiger partial charge is 0.262 e. The van der Waals surface area contributed by atoms with Gasteiger partial charge in [0.1, 0.15) is 11.0 Å². The second kappa shape index (κ2) is 8.59. The van der Waals surface area contributed by atoms with Gasteiger partial charge in [-0.05, 0) is 29.8 Å². The Hall–Kier alpha value is -3.32. The summed E-state index contributed by atoms with van der Waals surface area (Å²) in [5.74, 6) is 0.574. The first-order valence-corrected chi connectivity index (χ1v) is 10.4. The Morgan fingerprint density at radius 3 is 2.50 bits per heavy atom. The zero-order chi connectivity index (χ0) is 21.1. The van der Waals surface area contributed by atoms with Crippen LogP contribution >= 0.6 is 11.8 Å². The largest absolute Gasteiger partial charge is 0.467 e. The van der Waals surface area contributed by atoms with E-state index in [-0.39, 0.29) is 18.0 Å². The van der Waals surface area contributed by atoms with Gasteiger partial charge in [-0.2, -0.15) is 0 Å². The van der Waals surface area contributed by atoms with Crippen LogP contribution in [0.1, 0.15) is 16.6 Å². The summed E-state index contributed by atoms with van der Waals surface area (Å²) in [4.78, 5) is 32.6. The van der Waals surface area contributed by atoms with E-state index in [0.29, 0.717) is 21.8 Å². The number of likely N-dealkylation sites (N-methyl/N-ethyl adjacent to an activating group) is 1. The third-order valence-electron chi connectivity index (χ3n) is 4.71. The van der Waals surface area contributed by atoms with E-state index in [9.17, 15) is 9.59 Å². The van der Waals surface area contributed by atoms with E-state index in [2.05, 4.69) is 0 Å². The Bertz CT molecular complexity index is 1220. The number of carbonyl (C=O) groups is 1. The minimum absolute atomic E-state index is 0.0712. The van der Waals surface area contributed by atoms with E-state index in [4.69, 9.17) is 9.40 Å². The number of furan rings is 1. The van der Waals surface area contributed by atoms with Gasteiger partial charge in [0.25, 0.3) is 5.56 Å². The summed E-state index contributed by atoms with van der Waals surface area (Å²) in [6.45, 7) is 0.240. The lowest BCUT2D eigenvalue weighted by molar-refractivity contribution is -0.128. The van der Waals surface area contributed by atoms with Crippen molar-refractivity contribution in [3.8, 4) is 0 Å². The Kier molecular flexibility index (Phi) is 5.72. The maximum Gasteiger partial charge on any atom is 0.262 e. The zero-order valence-electron chi connectivity index (χ0n) is 16.7. The maximum atomic E-state index is 13.3. The van der Waals surface area contributed by atoms with Gasteiger partial charge in [-0.1, -0.05) is 54.2 Å². The third kappa shape index (κ3) is 4.02. The first-order chi connectivity index (χ1) is 14.5. The molecule has 0 aliphatic carbocycles. The predicted octanol–water partition coefficient (Wildman–Crippen LogP) is 3.96. The van der Waals surface area contributed by atoms with Crippen molar-refractivity contribution < 1.29 is 9.21 Å². The average molecular weight is 420 g/mol. The lowest BCUT2D eigenvalue weighted by Crippen LogP contribution is -2.28. The Morgan fingerprint density at radius 2 is 1.80 bits per heavy atom. The molecule has 0 aliphatic heterocycles. The zero-order valence-corrected chi connectivity index (χ0v) is 17.5. The van der Waals surface area contributed by atoms with E-state index in [1.165, 1.54) is 11.8 Å². The molecule has 2 aromatic heterocycles. The molecule has 0 N–H and O–H groups in total. The molecule has 152 valence electrons. The summed E-state index contributed by atoms with van der Waals surface area (Å²) < 4.78 is 7.04. The molecule has 7 heteroatoms. The first-order valence-electron chi connectivity index (χ1n) is 9.49. The molecule has 0 unspecified atom stereocenters. The van der Waals surface area contributed by atoms with E-state index in [1.54, 1.807) is 42.0 Å². The van der Waals surface area contributed by atoms with Crippen LogP contribution in [0, 0.1) is 0 Å². The van der Waals surface area contributed by atoms with Crippen LogP contribution < -0.4 is 5.56 Å². The average Bonchev–Trinajstić information content (AvgIpc) is 3.28. The number of aromatic nitrogens is 2. The molecule has 4 rings (SSSR count). The molecule has 0 saturated heterocycles. The van der Waals surface area contributed by atoms with Crippen LogP contribution in [0.2, 0.25) is 0 Å². The van der Waals surface area contributed by atoms with Crippen molar-refractivity contribution >= 4 is 28.6 Å². The number of fused-ring (bicyclic) bond motifs is 1. The fraction of sp³-hybridized carbons (Fsp3) is 0.174. The number of thioether (sulfide) groups is 1. The van der Waals surface area contributed by atoms with Gasteiger partial charge in [-0.15, -0.1) is 0 Å². The van der Waals surface area contributed by atoms with E-state index >= 15 is 0 Å². The van der Waals surface area contributed by atoms with Crippen LogP contribution in [0.4, 0.5) is 0 Å². The van der Waals surface area contributed by atoms with Crippen molar-refractivity contribution in [2.45, 2.75) is 17.0 Å². The molecule has 0 bridgehead atoms. The van der Waals surface area contributed by atoms with Gasteiger partial charge in [0, 0.05) is 14.1 Å². The van der Waals surface area contributed by atoms with Crippen LogP contribution in [0.3, 0.4) is 0 Å². The minimum Gasteiger partial charge on any atom is -0.467 e. The molecule has 2 aromatic carbocycles. The van der Waals surface area contributed by atoms with Gasteiger partial charge < -0.3 is 9.32 Å². The fourth-order valence-electron chi connectivity index (χ4n) is 3.16. The summed E-state index contributed by atoms with van der Waals surface area (Å²) in [7, 11) is 3.45. The van der Waals surface area contributed by atoms with Crippen molar-refractivity contribution in [2.75, 3.05) is 14.1 Å². The normalized spacial score (nSPS) is 12.1. The SMILES string of the molecule is CN(C)C(=O)[C@H](Sc1nc2ccccc2c(=O)n1Cc1ccco1)c1ccccc1. The molecule has 0 aliphatic rings. The molecule has 0 spiro atoms. The highest BCUT2D eigenvalue weighted by molar-refractivity contribution is 8.00. The molecule has 0 saturated carbocycles. The van der Waals surface area contributed by atoms with Gasteiger partial charge >= 0.3 is 0 Å². The number of amides is 1. The molecular weight excluding hydrogens is 398 g/mol. The molecule has 2 heterocycles. The van der Waals surface area contributed by atoms with Crippen LogP contribution in [0.15, 0.2) is 87.4 Å². The number of para-hydroxylation sites is 1. The standard InChI is InChI=1S/C23H21N3O3S/c1-25(2)22(28)20(16-9-4-3-5-10-16)30-23-24-19-13-7-6-12-18(19)21(27)26(23)15-17-11-8-14-29-17/h3-14,20H,15H2,1-2H3/t20-/m1/s1. The summed E-state index contributed by atoms with van der Waals surface area (Å²) >= 11 is 1.27. The van der Waals surface area contributed by atoms with Crippen molar-refractivity contribution in [3.63, 3.8) is 0 Å². The number of nitrogens with zero attached hydrogens (tertiary/aromatic N) is 3. The van der Waals surface area contributed by atoms with Crippen LogP contribution in [-0.2, 0) is 11.3 Å². The Morgan fingerprint density at radius 1 is 1.07 bits per heavy atom. The lowest BCUT2D eigenvalue weighted by Gasteiger charge is -2.21. The van der Waals surface area contributed by atoms with Crippen molar-refractivity contribution in [2.24, 2.45) is 0 Å². The Labute approximate surface area is 178 Å². The van der Waals surface area contributed by atoms with Crippen molar-refractivity contribution in [1.82, 2.24) is 14.5 Å². The fourth-order valence-corrected chi connectivity index (χ4v) is 4.41. The number of benzene rings is 2. The van der Waals surface area contributed by atoms with Crippen LogP contribution in [0.25, 0.3) is 10.9 Å². The second-order valence-electron chi connectivity index (χ2n) is 7.02. The highest BCUT2D eigenvalue weighted by atomic mass is 32.2. The second-order valence-corrected chi connectivity index (χ2v) is 8.10. The molecule has 1 amide bonds. The molecular formula is C23H21N3O3S. The molecule has 0 radical (unpaired) electrons. The molecule has 0 fully saturated rings. The number of hydrogen-bond acceptors (Lipinski definition) is 5. The van der Waals surface area contributed by atoms with Gasteiger partial charge in [0.05, 0.1) is 23.7 Å². The Balaban J connectivity index is 1.85. The summed E-state index contributed by atoms with van der Waals surface area (Å²) in [5.41, 5.74) is 1.29. The predicted molar refractivity (Wildman–Crippen MR) is 118 cm³/mol. The lowest BCUT2D eigenvalue weighted by atomic mass is 10.1. The topological polar surface area (TPSA) is 68.3 Å². The maximum absolute atomic E-state index is 13.3. The third-order valence-corrected chi connectivity index (χ3v) is 5.94. The van der Waals surface area contributed by atoms with Gasteiger partial charge in [-0.3, -0.25) is 14.2 Å². The number of hydrogen-bond donors (Lipinski definition) is 0. The molecule has 6 nitrogen and oxygen atoms in total. The van der Waals surface area contributed by atoms with E-state index in [1.807, 2.05) is 54.6 Å². The summed E-state index contributed by atoms with van der Waals surface area (Å²) in [6.07, 6.45) is 1.57. The van der Waals surface area contributed by atoms with Crippen LogP contribution in [-0.4, -0.2) is 34.5 Å². The summed E-state index contributed by atoms with van der Waals surface area (Å²) in [5, 5.41) is 0.472. The van der Waals surface area contributed by atoms with Gasteiger partial charge in [-0.25, -0.2) is 4.98 Å². The number of rotatable bonds is 6. The molecule has 30 heavy (non-hydrogen) atoms. The van der Waals surface area contributed by atoms with E-state index < -0.39 is 5.25 Å². The highest BCUT2D eigenvalue weighted by Crippen LogP contribution is 2.35. The minimum atomic E-state index is -0.530. The molecule has 4 aromatic rings.